The Bertz CT molecular complexity index is 674. The number of ether oxygens (including phenoxy) is 2. The van der Waals surface area contributed by atoms with Crippen molar-refractivity contribution in [1.82, 2.24) is 0 Å². The lowest BCUT2D eigenvalue weighted by Crippen LogP contribution is -2.30. The third kappa shape index (κ3) is 3.68. The molecule has 0 saturated carbocycles. The Morgan fingerprint density at radius 1 is 1.17 bits per heavy atom. The summed E-state index contributed by atoms with van der Waals surface area (Å²) in [6, 6.07) is 3.93. The standard InChI is InChI=1S/C20H25IO3/c1-13-6-9-19(22)20(2,3)17(13)8-7-16-14(12-21)10-15(23-4)11-18(16)24-5/h7-8,10-11H,6,9,12H2,1-5H3/b8-7-. The summed E-state index contributed by atoms with van der Waals surface area (Å²) in [6.45, 7) is 6.16. The summed E-state index contributed by atoms with van der Waals surface area (Å²) < 4.78 is 11.8. The van der Waals surface area contributed by atoms with E-state index in [1.165, 1.54) is 5.57 Å². The normalized spacial score (nSPS) is 17.5. The highest BCUT2D eigenvalue weighted by Crippen LogP contribution is 2.39. The molecule has 0 heterocycles. The van der Waals surface area contributed by atoms with Gasteiger partial charge in [0, 0.05) is 27.9 Å². The Balaban J connectivity index is 2.50. The van der Waals surface area contributed by atoms with Gasteiger partial charge in [0.15, 0.2) is 0 Å². The fraction of sp³-hybridized carbons (Fsp3) is 0.450. The van der Waals surface area contributed by atoms with Crippen molar-refractivity contribution in [2.45, 2.75) is 38.0 Å². The lowest BCUT2D eigenvalue weighted by molar-refractivity contribution is -0.125. The van der Waals surface area contributed by atoms with Crippen LogP contribution in [0.5, 0.6) is 11.5 Å². The van der Waals surface area contributed by atoms with Crippen LogP contribution in [0.15, 0.2) is 29.4 Å². The number of alkyl halides is 1. The predicted octanol–water partition coefficient (Wildman–Crippen LogP) is 5.36. The van der Waals surface area contributed by atoms with E-state index in [0.717, 1.165) is 39.0 Å². The summed E-state index contributed by atoms with van der Waals surface area (Å²) >= 11 is 2.34. The van der Waals surface area contributed by atoms with Crippen LogP contribution in [0.2, 0.25) is 0 Å². The first kappa shape index (κ1) is 19.0. The molecule has 0 atom stereocenters. The van der Waals surface area contributed by atoms with Crippen LogP contribution in [0, 0.1) is 5.41 Å². The molecular formula is C20H25IO3. The van der Waals surface area contributed by atoms with E-state index >= 15 is 0 Å². The highest BCUT2D eigenvalue weighted by atomic mass is 127. The van der Waals surface area contributed by atoms with E-state index in [1.807, 2.05) is 26.0 Å². The van der Waals surface area contributed by atoms with Gasteiger partial charge in [0.25, 0.3) is 0 Å². The largest absolute Gasteiger partial charge is 0.497 e. The van der Waals surface area contributed by atoms with Crippen molar-refractivity contribution in [2.24, 2.45) is 5.41 Å². The van der Waals surface area contributed by atoms with Gasteiger partial charge in [-0.25, -0.2) is 0 Å². The minimum atomic E-state index is -0.428. The highest BCUT2D eigenvalue weighted by Gasteiger charge is 2.34. The molecule has 0 N–H and O–H groups in total. The van der Waals surface area contributed by atoms with Crippen molar-refractivity contribution < 1.29 is 14.3 Å². The molecule has 0 unspecified atom stereocenters. The first-order valence-corrected chi connectivity index (χ1v) is 9.60. The van der Waals surface area contributed by atoms with E-state index in [2.05, 4.69) is 41.7 Å². The Kier molecular flexibility index (Phi) is 6.12. The van der Waals surface area contributed by atoms with Crippen molar-refractivity contribution in [3.63, 3.8) is 0 Å². The van der Waals surface area contributed by atoms with Gasteiger partial charge in [0.05, 0.1) is 14.2 Å². The number of rotatable bonds is 5. The van der Waals surface area contributed by atoms with Gasteiger partial charge in [-0.15, -0.1) is 0 Å². The molecule has 0 bridgehead atoms. The molecule has 24 heavy (non-hydrogen) atoms. The molecule has 1 aromatic carbocycles. The summed E-state index contributed by atoms with van der Waals surface area (Å²) in [7, 11) is 3.33. The summed E-state index contributed by atoms with van der Waals surface area (Å²) in [6.07, 6.45) is 5.65. The van der Waals surface area contributed by atoms with Crippen molar-refractivity contribution in [1.29, 1.82) is 0 Å². The van der Waals surface area contributed by atoms with E-state index in [-0.39, 0.29) is 0 Å². The lowest BCUT2D eigenvalue weighted by Gasteiger charge is -2.31. The number of hydrogen-bond donors (Lipinski definition) is 0. The van der Waals surface area contributed by atoms with Gasteiger partial charge in [-0.3, -0.25) is 4.79 Å². The van der Waals surface area contributed by atoms with Gasteiger partial charge in [0.1, 0.15) is 17.3 Å². The maximum absolute atomic E-state index is 12.3. The fourth-order valence-electron chi connectivity index (χ4n) is 3.19. The topological polar surface area (TPSA) is 35.5 Å². The molecule has 4 heteroatoms. The second-order valence-electron chi connectivity index (χ2n) is 6.61. The highest BCUT2D eigenvalue weighted by molar-refractivity contribution is 14.1. The zero-order chi connectivity index (χ0) is 17.9. The number of carbonyl (C=O) groups excluding carboxylic acids is 1. The Morgan fingerprint density at radius 2 is 1.88 bits per heavy atom. The van der Waals surface area contributed by atoms with E-state index in [0.29, 0.717) is 12.2 Å². The Labute approximate surface area is 158 Å². The number of benzene rings is 1. The van der Waals surface area contributed by atoms with Crippen LogP contribution < -0.4 is 9.47 Å². The van der Waals surface area contributed by atoms with Crippen LogP contribution in [0.3, 0.4) is 0 Å². The first-order chi connectivity index (χ1) is 11.3. The van der Waals surface area contributed by atoms with E-state index in [4.69, 9.17) is 9.47 Å². The smallest absolute Gasteiger partial charge is 0.143 e. The van der Waals surface area contributed by atoms with E-state index in [1.54, 1.807) is 14.2 Å². The molecule has 0 spiro atoms. The molecule has 0 aliphatic heterocycles. The molecular weight excluding hydrogens is 415 g/mol. The van der Waals surface area contributed by atoms with Crippen LogP contribution in [0.1, 0.15) is 44.7 Å². The average molecular weight is 440 g/mol. The molecule has 1 aliphatic carbocycles. The SMILES string of the molecule is COc1cc(CI)c(/C=C\C2=C(C)CCC(=O)C2(C)C)c(OC)c1. The number of ketones is 1. The van der Waals surface area contributed by atoms with E-state index in [9.17, 15) is 4.79 Å². The lowest BCUT2D eigenvalue weighted by atomic mass is 9.71. The Hall–Kier alpha value is -1.30. The zero-order valence-corrected chi connectivity index (χ0v) is 17.2. The monoisotopic (exact) mass is 440 g/mol. The van der Waals surface area contributed by atoms with Crippen LogP contribution in [0.25, 0.3) is 6.08 Å². The van der Waals surface area contributed by atoms with Crippen LogP contribution in [-0.4, -0.2) is 20.0 Å². The zero-order valence-electron chi connectivity index (χ0n) is 15.0. The molecule has 0 amide bonds. The molecule has 0 saturated heterocycles. The number of carbonyl (C=O) groups is 1. The second-order valence-corrected chi connectivity index (χ2v) is 7.37. The minimum absolute atomic E-state index is 0.309. The summed E-state index contributed by atoms with van der Waals surface area (Å²) in [5.74, 6) is 1.89. The number of methoxy groups -OCH3 is 2. The van der Waals surface area contributed by atoms with Gasteiger partial charge in [-0.2, -0.15) is 0 Å². The summed E-state index contributed by atoms with van der Waals surface area (Å²) in [5.41, 5.74) is 4.18. The van der Waals surface area contributed by atoms with Crippen LogP contribution >= 0.6 is 22.6 Å². The van der Waals surface area contributed by atoms with Crippen molar-refractivity contribution in [3.05, 3.63) is 40.5 Å². The molecule has 0 aromatic heterocycles. The second kappa shape index (κ2) is 7.72. The number of halogens is 1. The molecule has 1 aromatic rings. The molecule has 2 rings (SSSR count). The van der Waals surface area contributed by atoms with Gasteiger partial charge < -0.3 is 9.47 Å². The van der Waals surface area contributed by atoms with Crippen molar-refractivity contribution in [2.75, 3.05) is 14.2 Å². The first-order valence-electron chi connectivity index (χ1n) is 8.07. The van der Waals surface area contributed by atoms with Crippen molar-refractivity contribution >= 4 is 34.5 Å². The van der Waals surface area contributed by atoms with Crippen molar-refractivity contribution in [3.8, 4) is 11.5 Å². The number of Topliss-reactive ketones (excluding diaryl/α,β-unsaturated/α-hetero) is 1. The molecule has 0 fully saturated rings. The predicted molar refractivity (Wildman–Crippen MR) is 107 cm³/mol. The minimum Gasteiger partial charge on any atom is -0.497 e. The number of hydrogen-bond acceptors (Lipinski definition) is 3. The average Bonchev–Trinajstić information content (AvgIpc) is 2.57. The fourth-order valence-corrected chi connectivity index (χ4v) is 3.82. The molecule has 1 aliphatic rings. The maximum Gasteiger partial charge on any atom is 0.143 e. The third-order valence-corrected chi connectivity index (χ3v) is 5.60. The van der Waals surface area contributed by atoms with Gasteiger partial charge in [-0.05, 0) is 44.4 Å². The molecule has 130 valence electrons. The summed E-state index contributed by atoms with van der Waals surface area (Å²) in [4.78, 5) is 12.3. The molecule has 0 radical (unpaired) electrons. The quantitative estimate of drug-likeness (QED) is 0.457. The van der Waals surface area contributed by atoms with Crippen LogP contribution in [-0.2, 0) is 9.22 Å². The van der Waals surface area contributed by atoms with Gasteiger partial charge in [0.2, 0.25) is 0 Å². The molecule has 3 nitrogen and oxygen atoms in total. The van der Waals surface area contributed by atoms with Gasteiger partial charge >= 0.3 is 0 Å². The third-order valence-electron chi connectivity index (χ3n) is 4.77. The van der Waals surface area contributed by atoms with Gasteiger partial charge in [-0.1, -0.05) is 40.3 Å². The van der Waals surface area contributed by atoms with E-state index < -0.39 is 5.41 Å². The van der Waals surface area contributed by atoms with Crippen LogP contribution in [0.4, 0.5) is 0 Å². The number of allylic oxidation sites excluding steroid dienone is 3. The summed E-state index contributed by atoms with van der Waals surface area (Å²) in [5, 5.41) is 0. The Morgan fingerprint density at radius 3 is 2.46 bits per heavy atom. The maximum atomic E-state index is 12.3.